The van der Waals surface area contributed by atoms with Gasteiger partial charge in [0.25, 0.3) is 0 Å². The van der Waals surface area contributed by atoms with Gasteiger partial charge < -0.3 is 23.7 Å². The summed E-state index contributed by atoms with van der Waals surface area (Å²) in [7, 11) is 4.45. The van der Waals surface area contributed by atoms with E-state index in [0.29, 0.717) is 29.6 Å². The summed E-state index contributed by atoms with van der Waals surface area (Å²) in [6, 6.07) is 4.78. The van der Waals surface area contributed by atoms with Gasteiger partial charge in [0.2, 0.25) is 12.1 Å². The van der Waals surface area contributed by atoms with Crippen LogP contribution in [0.3, 0.4) is 0 Å². The Morgan fingerprint density at radius 2 is 1.71 bits per heavy atom. The molecule has 144 valence electrons. The van der Waals surface area contributed by atoms with Gasteiger partial charge in [0.15, 0.2) is 5.78 Å². The van der Waals surface area contributed by atoms with Gasteiger partial charge in [-0.15, -0.1) is 0 Å². The summed E-state index contributed by atoms with van der Waals surface area (Å²) in [6.45, 7) is 0.582. The fraction of sp³-hybridized carbons (Fsp3) is 0.333. The maximum Gasteiger partial charge on any atom is 0.207 e. The average molecular weight is 382 g/mol. The third-order valence-electron chi connectivity index (χ3n) is 5.61. The monoisotopic (exact) mass is 382 g/mol. The lowest BCUT2D eigenvalue weighted by Gasteiger charge is -2.24. The summed E-state index contributed by atoms with van der Waals surface area (Å²) in [5.41, 5.74) is 1.75. The van der Waals surface area contributed by atoms with Crippen molar-refractivity contribution >= 4 is 11.6 Å². The van der Waals surface area contributed by atoms with Gasteiger partial charge in [-0.3, -0.25) is 9.59 Å². The Hall–Kier alpha value is -3.06. The number of rotatable bonds is 3. The molecular formula is C21H18O7. The predicted molar refractivity (Wildman–Crippen MR) is 97.1 cm³/mol. The first-order valence-corrected chi connectivity index (χ1v) is 8.97. The minimum absolute atomic E-state index is 0.0164. The Balaban J connectivity index is 1.78. The van der Waals surface area contributed by atoms with E-state index in [-0.39, 0.29) is 39.7 Å². The zero-order valence-corrected chi connectivity index (χ0v) is 15.7. The molecule has 7 heteroatoms. The first-order valence-electron chi connectivity index (χ1n) is 8.97. The lowest BCUT2D eigenvalue weighted by atomic mass is 9.80. The number of fused-ring (bicyclic) bond motifs is 5. The van der Waals surface area contributed by atoms with Crippen LogP contribution in [0.1, 0.15) is 49.7 Å². The lowest BCUT2D eigenvalue weighted by Crippen LogP contribution is -2.23. The second-order valence-corrected chi connectivity index (χ2v) is 6.91. The van der Waals surface area contributed by atoms with Gasteiger partial charge in [0.05, 0.1) is 45.0 Å². The van der Waals surface area contributed by atoms with E-state index in [1.807, 2.05) is 0 Å². The molecular weight excluding hydrogens is 364 g/mol. The molecule has 3 aliphatic rings. The summed E-state index contributed by atoms with van der Waals surface area (Å²) >= 11 is 0. The highest BCUT2D eigenvalue weighted by atomic mass is 16.7. The van der Waals surface area contributed by atoms with Gasteiger partial charge in [-0.25, -0.2) is 0 Å². The number of hydrogen-bond donors (Lipinski definition) is 0. The van der Waals surface area contributed by atoms with Gasteiger partial charge in [-0.1, -0.05) is 0 Å². The summed E-state index contributed by atoms with van der Waals surface area (Å²) in [5.74, 6) is 1.01. The zero-order valence-electron chi connectivity index (χ0n) is 15.7. The van der Waals surface area contributed by atoms with Crippen LogP contribution in [0.5, 0.6) is 23.0 Å². The molecule has 2 aromatic carbocycles. The molecule has 0 N–H and O–H groups in total. The minimum Gasteiger partial charge on any atom is -0.497 e. The maximum atomic E-state index is 13.5. The molecule has 2 aromatic rings. The van der Waals surface area contributed by atoms with Gasteiger partial charge in [-0.05, 0) is 18.6 Å². The van der Waals surface area contributed by atoms with Crippen LogP contribution in [-0.4, -0.2) is 45.8 Å². The van der Waals surface area contributed by atoms with Crippen molar-refractivity contribution in [3.8, 4) is 23.0 Å². The first-order chi connectivity index (χ1) is 13.6. The highest BCUT2D eigenvalue weighted by Crippen LogP contribution is 2.52. The molecule has 7 nitrogen and oxygen atoms in total. The van der Waals surface area contributed by atoms with Crippen LogP contribution in [0.25, 0.3) is 0 Å². The highest BCUT2D eigenvalue weighted by Gasteiger charge is 2.46. The van der Waals surface area contributed by atoms with Crippen LogP contribution >= 0.6 is 0 Å². The SMILES string of the molecule is COc1cc(OC)c2c(c1)C(=O)c1cc3c(c(OC)c1C2=O)[C@H]1CCO[C@H]1O3. The van der Waals surface area contributed by atoms with E-state index in [0.717, 1.165) is 12.0 Å². The fourth-order valence-corrected chi connectivity index (χ4v) is 4.35. The van der Waals surface area contributed by atoms with Gasteiger partial charge in [0.1, 0.15) is 23.0 Å². The molecule has 0 amide bonds. The van der Waals surface area contributed by atoms with Crippen molar-refractivity contribution < 1.29 is 33.3 Å². The fourth-order valence-electron chi connectivity index (χ4n) is 4.35. The molecule has 0 radical (unpaired) electrons. The van der Waals surface area contributed by atoms with E-state index in [1.54, 1.807) is 18.2 Å². The molecule has 1 saturated heterocycles. The number of hydrogen-bond acceptors (Lipinski definition) is 7. The van der Waals surface area contributed by atoms with E-state index in [2.05, 4.69) is 0 Å². The molecule has 0 saturated carbocycles. The number of benzene rings is 2. The van der Waals surface area contributed by atoms with Crippen LogP contribution in [-0.2, 0) is 4.74 Å². The highest BCUT2D eigenvalue weighted by molar-refractivity contribution is 6.30. The van der Waals surface area contributed by atoms with E-state index in [4.69, 9.17) is 23.7 Å². The molecule has 0 bridgehead atoms. The standard InChI is InChI=1S/C21H18O7/c1-24-9-6-11-15(13(7-9)25-2)19(23)17-12(18(11)22)8-14-16(20(17)26-3)10-4-5-27-21(10)28-14/h6-8,10,21H,4-5H2,1-3H3/t10-,21+/m1/s1. The predicted octanol–water partition coefficient (Wildman–Crippen LogP) is 2.71. The van der Waals surface area contributed by atoms with E-state index < -0.39 is 6.29 Å². The molecule has 28 heavy (non-hydrogen) atoms. The van der Waals surface area contributed by atoms with Crippen molar-refractivity contribution in [2.45, 2.75) is 18.6 Å². The van der Waals surface area contributed by atoms with Crippen molar-refractivity contribution in [3.05, 3.63) is 46.0 Å². The summed E-state index contributed by atoms with van der Waals surface area (Å²) in [5, 5.41) is 0. The zero-order chi connectivity index (χ0) is 19.6. The van der Waals surface area contributed by atoms with E-state index in [1.165, 1.54) is 21.3 Å². The first kappa shape index (κ1) is 17.1. The Kier molecular flexibility index (Phi) is 3.64. The van der Waals surface area contributed by atoms with Crippen molar-refractivity contribution in [3.63, 3.8) is 0 Å². The van der Waals surface area contributed by atoms with E-state index in [9.17, 15) is 9.59 Å². The average Bonchev–Trinajstić information content (AvgIpc) is 3.30. The summed E-state index contributed by atoms with van der Waals surface area (Å²) in [6.07, 6.45) is 0.362. The number of carbonyl (C=O) groups excluding carboxylic acids is 2. The third kappa shape index (κ3) is 2.08. The molecule has 5 rings (SSSR count). The van der Waals surface area contributed by atoms with Crippen LogP contribution in [0.15, 0.2) is 18.2 Å². The smallest absolute Gasteiger partial charge is 0.207 e. The van der Waals surface area contributed by atoms with Crippen molar-refractivity contribution in [2.75, 3.05) is 27.9 Å². The Morgan fingerprint density at radius 1 is 0.929 bits per heavy atom. The van der Waals surface area contributed by atoms with Crippen LogP contribution in [0.2, 0.25) is 0 Å². The van der Waals surface area contributed by atoms with Crippen molar-refractivity contribution in [1.82, 2.24) is 0 Å². The van der Waals surface area contributed by atoms with E-state index >= 15 is 0 Å². The molecule has 2 aliphatic heterocycles. The quantitative estimate of drug-likeness (QED) is 0.689. The molecule has 1 aliphatic carbocycles. The lowest BCUT2D eigenvalue weighted by molar-refractivity contribution is -0.0337. The molecule has 0 unspecified atom stereocenters. The molecule has 0 aromatic heterocycles. The van der Waals surface area contributed by atoms with Gasteiger partial charge >= 0.3 is 0 Å². The third-order valence-corrected chi connectivity index (χ3v) is 5.61. The normalized spacial score (nSPS) is 21.4. The number of methoxy groups -OCH3 is 3. The Bertz CT molecular complexity index is 1040. The molecule has 0 spiro atoms. The van der Waals surface area contributed by atoms with Crippen LogP contribution in [0.4, 0.5) is 0 Å². The number of ketones is 2. The topological polar surface area (TPSA) is 80.3 Å². The van der Waals surface area contributed by atoms with Crippen LogP contribution < -0.4 is 18.9 Å². The summed E-state index contributed by atoms with van der Waals surface area (Å²) < 4.78 is 27.8. The number of carbonyl (C=O) groups is 2. The summed E-state index contributed by atoms with van der Waals surface area (Å²) in [4.78, 5) is 26.8. The molecule has 2 atom stereocenters. The Labute approximate surface area is 161 Å². The maximum absolute atomic E-state index is 13.5. The second kappa shape index (κ2) is 5.97. The van der Waals surface area contributed by atoms with Gasteiger partial charge in [-0.2, -0.15) is 0 Å². The van der Waals surface area contributed by atoms with Crippen molar-refractivity contribution in [1.29, 1.82) is 0 Å². The van der Waals surface area contributed by atoms with Crippen LogP contribution in [0, 0.1) is 0 Å². The minimum atomic E-state index is -0.407. The largest absolute Gasteiger partial charge is 0.497 e. The molecule has 1 fully saturated rings. The number of ether oxygens (including phenoxy) is 5. The molecule has 2 heterocycles. The van der Waals surface area contributed by atoms with Crippen molar-refractivity contribution in [2.24, 2.45) is 0 Å². The Morgan fingerprint density at radius 3 is 2.43 bits per heavy atom. The second-order valence-electron chi connectivity index (χ2n) is 6.91. The van der Waals surface area contributed by atoms with Gasteiger partial charge in [0, 0.05) is 22.8 Å².